The minimum Gasteiger partial charge on any atom is -0.396 e. The zero-order chi connectivity index (χ0) is 15.4. The first-order valence-electron chi connectivity index (χ1n) is 9.49. The summed E-state index contributed by atoms with van der Waals surface area (Å²) in [6, 6.07) is 0. The van der Waals surface area contributed by atoms with Crippen LogP contribution in [-0.2, 0) is 0 Å². The monoisotopic (exact) mass is 295 g/mol. The summed E-state index contributed by atoms with van der Waals surface area (Å²) in [5.41, 5.74) is 0. The molecule has 0 aromatic heterocycles. The highest BCUT2D eigenvalue weighted by molar-refractivity contribution is 4.81. The summed E-state index contributed by atoms with van der Waals surface area (Å²) in [6.07, 6.45) is 26.9. The minimum atomic E-state index is 0.241. The number of hydrogen-bond acceptors (Lipinski definition) is 1. The van der Waals surface area contributed by atoms with E-state index in [1.54, 1.807) is 0 Å². The molecule has 0 saturated heterocycles. The molecule has 0 aromatic rings. The molecular formula is C20H39O. The number of unbranched alkanes of at least 4 members (excludes halogenated alkanes) is 14. The van der Waals surface area contributed by atoms with Gasteiger partial charge in [0.2, 0.25) is 0 Å². The van der Waals surface area contributed by atoms with Crippen molar-refractivity contribution in [3.05, 3.63) is 18.6 Å². The summed E-state index contributed by atoms with van der Waals surface area (Å²) in [7, 11) is 0. The summed E-state index contributed by atoms with van der Waals surface area (Å²) >= 11 is 0. The number of rotatable bonds is 17. The molecule has 0 atom stereocenters. The summed E-state index contributed by atoms with van der Waals surface area (Å²) in [5, 5.41) is 8.63. The summed E-state index contributed by atoms with van der Waals surface area (Å²) in [6.45, 7) is 2.52. The largest absolute Gasteiger partial charge is 0.396 e. The number of aliphatic hydroxyl groups is 1. The second-order valence-electron chi connectivity index (χ2n) is 6.20. The van der Waals surface area contributed by atoms with Gasteiger partial charge in [-0.1, -0.05) is 83.3 Å². The quantitative estimate of drug-likeness (QED) is 0.236. The van der Waals surface area contributed by atoms with Crippen LogP contribution in [0.2, 0.25) is 0 Å². The van der Waals surface area contributed by atoms with Crippen molar-refractivity contribution in [3.8, 4) is 0 Å². The second-order valence-corrected chi connectivity index (χ2v) is 6.20. The SMILES string of the molecule is CCCCCCCC/C=C\CCCCCCCC[CH]CO. The van der Waals surface area contributed by atoms with E-state index in [4.69, 9.17) is 5.11 Å². The fraction of sp³-hybridized carbons (Fsp3) is 0.850. The maximum atomic E-state index is 8.63. The van der Waals surface area contributed by atoms with Crippen LogP contribution in [0.4, 0.5) is 0 Å². The third-order valence-electron chi connectivity index (χ3n) is 4.05. The van der Waals surface area contributed by atoms with Gasteiger partial charge in [-0.05, 0) is 38.5 Å². The van der Waals surface area contributed by atoms with Gasteiger partial charge in [0, 0.05) is 6.61 Å². The Morgan fingerprint density at radius 1 is 0.571 bits per heavy atom. The molecule has 0 unspecified atom stereocenters. The Bertz CT molecular complexity index is 198. The molecular weight excluding hydrogens is 256 g/mol. The number of hydrogen-bond donors (Lipinski definition) is 1. The van der Waals surface area contributed by atoms with E-state index in [2.05, 4.69) is 19.1 Å². The molecule has 0 amide bonds. The van der Waals surface area contributed by atoms with E-state index in [-0.39, 0.29) is 6.61 Å². The Kier molecular flexibility index (Phi) is 19.4. The van der Waals surface area contributed by atoms with Crippen molar-refractivity contribution in [2.24, 2.45) is 0 Å². The Labute approximate surface area is 134 Å². The van der Waals surface area contributed by atoms with Crippen molar-refractivity contribution in [2.75, 3.05) is 6.61 Å². The first kappa shape index (κ1) is 20.7. The predicted molar refractivity (Wildman–Crippen MR) is 95.5 cm³/mol. The van der Waals surface area contributed by atoms with Crippen LogP contribution in [0.3, 0.4) is 0 Å². The van der Waals surface area contributed by atoms with E-state index in [9.17, 15) is 0 Å². The van der Waals surface area contributed by atoms with Gasteiger partial charge in [-0.3, -0.25) is 0 Å². The molecule has 0 heterocycles. The molecule has 0 fully saturated rings. The molecule has 0 bridgehead atoms. The lowest BCUT2D eigenvalue weighted by Crippen LogP contribution is -1.85. The standard InChI is InChI=1S/C20H39O/c1-2-3-4-5-6-7-8-9-10-11-12-13-14-15-16-17-18-19-20-21/h9-10,19,21H,2-8,11-18,20H2,1H3/b10-9-. The molecule has 1 heteroatoms. The summed E-state index contributed by atoms with van der Waals surface area (Å²) < 4.78 is 0. The van der Waals surface area contributed by atoms with Crippen LogP contribution in [0.5, 0.6) is 0 Å². The zero-order valence-electron chi connectivity index (χ0n) is 14.5. The van der Waals surface area contributed by atoms with Crippen LogP contribution in [0.15, 0.2) is 12.2 Å². The molecule has 1 N–H and O–H groups in total. The van der Waals surface area contributed by atoms with E-state index in [1.807, 2.05) is 6.42 Å². The average Bonchev–Trinajstić information content (AvgIpc) is 2.50. The van der Waals surface area contributed by atoms with Crippen molar-refractivity contribution in [1.29, 1.82) is 0 Å². The first-order valence-corrected chi connectivity index (χ1v) is 9.49. The molecule has 0 aliphatic heterocycles. The normalized spacial score (nSPS) is 11.5. The Morgan fingerprint density at radius 2 is 1.00 bits per heavy atom. The molecule has 21 heavy (non-hydrogen) atoms. The van der Waals surface area contributed by atoms with Crippen molar-refractivity contribution in [3.63, 3.8) is 0 Å². The van der Waals surface area contributed by atoms with Gasteiger partial charge in [-0.2, -0.15) is 0 Å². The highest BCUT2D eigenvalue weighted by Crippen LogP contribution is 2.10. The molecule has 0 aliphatic carbocycles. The van der Waals surface area contributed by atoms with Crippen LogP contribution in [0.25, 0.3) is 0 Å². The van der Waals surface area contributed by atoms with E-state index in [1.165, 1.54) is 89.9 Å². The highest BCUT2D eigenvalue weighted by atomic mass is 16.2. The van der Waals surface area contributed by atoms with Crippen molar-refractivity contribution in [1.82, 2.24) is 0 Å². The Hall–Kier alpha value is -0.300. The third kappa shape index (κ3) is 19.7. The molecule has 0 saturated carbocycles. The van der Waals surface area contributed by atoms with Gasteiger partial charge in [0.15, 0.2) is 0 Å². The van der Waals surface area contributed by atoms with E-state index < -0.39 is 0 Å². The molecule has 1 nitrogen and oxygen atoms in total. The van der Waals surface area contributed by atoms with Crippen molar-refractivity contribution >= 4 is 0 Å². The minimum absolute atomic E-state index is 0.241. The summed E-state index contributed by atoms with van der Waals surface area (Å²) in [4.78, 5) is 0. The third-order valence-corrected chi connectivity index (χ3v) is 4.05. The molecule has 125 valence electrons. The van der Waals surface area contributed by atoms with Gasteiger partial charge < -0.3 is 5.11 Å². The van der Waals surface area contributed by atoms with Crippen molar-refractivity contribution < 1.29 is 5.11 Å². The highest BCUT2D eigenvalue weighted by Gasteiger charge is 1.92. The molecule has 0 rings (SSSR count). The first-order chi connectivity index (χ1) is 10.4. The molecule has 0 aromatic carbocycles. The summed E-state index contributed by atoms with van der Waals surface area (Å²) in [5.74, 6) is 0. The fourth-order valence-electron chi connectivity index (χ4n) is 2.63. The van der Waals surface area contributed by atoms with Gasteiger partial charge in [0.25, 0.3) is 0 Å². The number of aliphatic hydroxyl groups excluding tert-OH is 1. The van der Waals surface area contributed by atoms with Crippen LogP contribution in [0, 0.1) is 6.42 Å². The van der Waals surface area contributed by atoms with Gasteiger partial charge in [0.05, 0.1) is 0 Å². The lowest BCUT2D eigenvalue weighted by Gasteiger charge is -2.00. The Morgan fingerprint density at radius 3 is 1.48 bits per heavy atom. The van der Waals surface area contributed by atoms with Crippen LogP contribution in [-0.4, -0.2) is 11.7 Å². The maximum absolute atomic E-state index is 8.63. The van der Waals surface area contributed by atoms with E-state index in [0.717, 1.165) is 6.42 Å². The zero-order valence-corrected chi connectivity index (χ0v) is 14.5. The lowest BCUT2D eigenvalue weighted by atomic mass is 10.1. The van der Waals surface area contributed by atoms with Gasteiger partial charge in [0.1, 0.15) is 0 Å². The van der Waals surface area contributed by atoms with Gasteiger partial charge in [-0.15, -0.1) is 0 Å². The van der Waals surface area contributed by atoms with Crippen LogP contribution in [0.1, 0.15) is 103 Å². The Balaban J connectivity index is 3.02. The average molecular weight is 296 g/mol. The second kappa shape index (κ2) is 19.7. The molecule has 0 spiro atoms. The lowest BCUT2D eigenvalue weighted by molar-refractivity contribution is 0.322. The topological polar surface area (TPSA) is 20.2 Å². The molecule has 1 radical (unpaired) electrons. The predicted octanol–water partition coefficient (Wildman–Crippen LogP) is 6.61. The van der Waals surface area contributed by atoms with Gasteiger partial charge in [-0.25, -0.2) is 0 Å². The molecule has 0 aliphatic rings. The van der Waals surface area contributed by atoms with Gasteiger partial charge >= 0.3 is 0 Å². The van der Waals surface area contributed by atoms with Crippen LogP contribution < -0.4 is 0 Å². The van der Waals surface area contributed by atoms with E-state index in [0.29, 0.717) is 0 Å². The fourth-order valence-corrected chi connectivity index (χ4v) is 2.63. The van der Waals surface area contributed by atoms with Crippen molar-refractivity contribution in [2.45, 2.75) is 103 Å². The maximum Gasteiger partial charge on any atom is 0.0462 e. The number of allylic oxidation sites excluding steroid dienone is 2. The smallest absolute Gasteiger partial charge is 0.0462 e. The van der Waals surface area contributed by atoms with E-state index >= 15 is 0 Å². The van der Waals surface area contributed by atoms with Crippen LogP contribution >= 0.6 is 0 Å².